The third-order valence-electron chi connectivity index (χ3n) is 7.90. The Kier molecular flexibility index (Phi) is 17.3. The van der Waals surface area contributed by atoms with Crippen molar-refractivity contribution >= 4 is 0 Å². The van der Waals surface area contributed by atoms with E-state index >= 15 is 0 Å². The topological polar surface area (TPSA) is 40.2 Å². The molecule has 5 nitrogen and oxygen atoms in total. The number of hydrogen-bond acceptors (Lipinski definition) is 5. The Hall–Kier alpha value is -1.76. The van der Waals surface area contributed by atoms with Crippen LogP contribution >= 0.6 is 0 Å². The fourth-order valence-electron chi connectivity index (χ4n) is 5.64. The number of benzene rings is 2. The number of nitrogens with zero attached hydrogens (tertiary/aromatic N) is 1. The molecule has 1 unspecified atom stereocenters. The smallest absolute Gasteiger partial charge is 0.168 e. The molecule has 0 radical (unpaired) electrons. The molecular formula is C36H57NO4. The van der Waals surface area contributed by atoms with Crippen molar-refractivity contribution in [2.75, 3.05) is 40.5 Å². The van der Waals surface area contributed by atoms with Crippen LogP contribution in [-0.4, -0.2) is 57.3 Å². The van der Waals surface area contributed by atoms with Crippen molar-refractivity contribution in [1.82, 2.24) is 4.90 Å². The number of likely N-dealkylation sites (N-methyl/N-ethyl adjacent to an activating group) is 1. The van der Waals surface area contributed by atoms with E-state index in [-0.39, 0.29) is 11.9 Å². The van der Waals surface area contributed by atoms with Crippen LogP contribution in [0.25, 0.3) is 0 Å². The maximum atomic E-state index is 6.58. The van der Waals surface area contributed by atoms with E-state index in [1.807, 2.05) is 12.1 Å². The van der Waals surface area contributed by atoms with E-state index in [4.69, 9.17) is 18.9 Å². The molecule has 0 aliphatic carbocycles. The number of rotatable bonds is 24. The number of unbranched alkanes of at least 4 members (excludes halogenated alkanes) is 10. The molecule has 0 bridgehead atoms. The van der Waals surface area contributed by atoms with Gasteiger partial charge < -0.3 is 23.8 Å². The zero-order chi connectivity index (χ0) is 28.9. The van der Waals surface area contributed by atoms with Gasteiger partial charge in [-0.05, 0) is 50.9 Å². The van der Waals surface area contributed by atoms with Gasteiger partial charge in [-0.3, -0.25) is 0 Å². The largest absolute Gasteiger partial charge is 0.377 e. The summed E-state index contributed by atoms with van der Waals surface area (Å²) in [5.74, 6) is -0.364. The van der Waals surface area contributed by atoms with Gasteiger partial charge in [0.15, 0.2) is 5.79 Å². The summed E-state index contributed by atoms with van der Waals surface area (Å²) in [5.41, 5.74) is 2.51. The molecule has 2 aromatic carbocycles. The maximum Gasteiger partial charge on any atom is 0.168 e. The van der Waals surface area contributed by atoms with Crippen LogP contribution in [0.3, 0.4) is 0 Å². The van der Waals surface area contributed by atoms with Gasteiger partial charge in [0, 0.05) is 32.6 Å². The third kappa shape index (κ3) is 15.3. The first-order valence-corrected chi connectivity index (χ1v) is 16.4. The lowest BCUT2D eigenvalue weighted by atomic mass is 9.99. The average molecular weight is 568 g/mol. The zero-order valence-corrected chi connectivity index (χ0v) is 26.1. The summed E-state index contributed by atoms with van der Waals surface area (Å²) in [6.45, 7) is 4.82. The second-order valence-corrected chi connectivity index (χ2v) is 12.0. The summed E-state index contributed by atoms with van der Waals surface area (Å²) in [4.78, 5) is 2.21. The molecule has 1 aliphatic heterocycles. The van der Waals surface area contributed by atoms with Gasteiger partial charge in [0.2, 0.25) is 0 Å². The second-order valence-electron chi connectivity index (χ2n) is 12.0. The van der Waals surface area contributed by atoms with E-state index in [9.17, 15) is 0 Å². The quantitative estimate of drug-likeness (QED) is 0.119. The molecule has 1 fully saturated rings. The standard InChI is InChI=1S/C36H57NO4/c1-37(2)29-35-32-40-36(41-35,25-17-7-3-5-9-19-27-38-30-33-21-13-11-14-22-33)26-18-8-4-6-10-20-28-39-31-34-23-15-12-16-24-34/h11-16,21-24,35H,3-10,17-20,25-32H2,1-2H3. The predicted molar refractivity (Wildman–Crippen MR) is 169 cm³/mol. The van der Waals surface area contributed by atoms with Crippen LogP contribution in [0.4, 0.5) is 0 Å². The summed E-state index contributed by atoms with van der Waals surface area (Å²) >= 11 is 0. The predicted octanol–water partition coefficient (Wildman–Crippen LogP) is 8.55. The second kappa shape index (κ2) is 21.0. The molecule has 0 N–H and O–H groups in total. The molecule has 3 rings (SSSR count). The van der Waals surface area contributed by atoms with Gasteiger partial charge in [-0.25, -0.2) is 0 Å². The minimum atomic E-state index is -0.364. The Bertz CT molecular complexity index is 816. The van der Waals surface area contributed by atoms with Crippen LogP contribution in [0.5, 0.6) is 0 Å². The molecule has 0 saturated carbocycles. The van der Waals surface area contributed by atoms with E-state index in [0.717, 1.165) is 65.3 Å². The Labute approximate surface area is 250 Å². The molecule has 0 aromatic heterocycles. The highest BCUT2D eigenvalue weighted by molar-refractivity contribution is 5.14. The zero-order valence-electron chi connectivity index (χ0n) is 26.1. The molecule has 0 spiro atoms. The molecule has 1 heterocycles. The lowest BCUT2D eigenvalue weighted by molar-refractivity contribution is -0.180. The van der Waals surface area contributed by atoms with Crippen molar-refractivity contribution in [2.24, 2.45) is 0 Å². The van der Waals surface area contributed by atoms with Gasteiger partial charge in [0.25, 0.3) is 0 Å². The molecule has 5 heteroatoms. The molecule has 1 saturated heterocycles. The maximum absolute atomic E-state index is 6.58. The Morgan fingerprint density at radius 3 is 1.54 bits per heavy atom. The molecule has 1 atom stereocenters. The van der Waals surface area contributed by atoms with Crippen LogP contribution in [0.15, 0.2) is 60.7 Å². The molecule has 41 heavy (non-hydrogen) atoms. The summed E-state index contributed by atoms with van der Waals surface area (Å²) < 4.78 is 24.6. The van der Waals surface area contributed by atoms with E-state index in [1.165, 1.54) is 75.3 Å². The van der Waals surface area contributed by atoms with Crippen molar-refractivity contribution < 1.29 is 18.9 Å². The molecule has 1 aliphatic rings. The minimum absolute atomic E-state index is 0.191. The summed E-state index contributed by atoms with van der Waals surface area (Å²) in [6.07, 6.45) is 17.0. The van der Waals surface area contributed by atoms with Crippen molar-refractivity contribution in [1.29, 1.82) is 0 Å². The van der Waals surface area contributed by atoms with Gasteiger partial charge in [-0.15, -0.1) is 0 Å². The van der Waals surface area contributed by atoms with Crippen LogP contribution < -0.4 is 0 Å². The van der Waals surface area contributed by atoms with Crippen LogP contribution in [0, 0.1) is 0 Å². The summed E-state index contributed by atoms with van der Waals surface area (Å²) in [5, 5.41) is 0. The van der Waals surface area contributed by atoms with E-state index in [0.29, 0.717) is 0 Å². The first kappa shape index (κ1) is 33.7. The van der Waals surface area contributed by atoms with Crippen molar-refractivity contribution in [3.8, 4) is 0 Å². The van der Waals surface area contributed by atoms with E-state index in [1.54, 1.807) is 0 Å². The fraction of sp³-hybridized carbons (Fsp3) is 0.667. The third-order valence-corrected chi connectivity index (χ3v) is 7.90. The van der Waals surface area contributed by atoms with E-state index < -0.39 is 0 Å². The number of hydrogen-bond donors (Lipinski definition) is 0. The normalized spacial score (nSPS) is 16.5. The van der Waals surface area contributed by atoms with Crippen LogP contribution in [0.2, 0.25) is 0 Å². The Balaban J connectivity index is 1.20. The summed E-state index contributed by atoms with van der Waals surface area (Å²) in [7, 11) is 4.23. The highest BCUT2D eigenvalue weighted by Crippen LogP contribution is 2.35. The SMILES string of the molecule is CN(C)CC1COC(CCCCCCCCOCc2ccccc2)(CCCCCCCCOCc2ccccc2)O1. The molecule has 230 valence electrons. The van der Waals surface area contributed by atoms with Crippen molar-refractivity contribution in [3.05, 3.63) is 71.8 Å². The van der Waals surface area contributed by atoms with Crippen molar-refractivity contribution in [2.45, 2.75) is 115 Å². The average Bonchev–Trinajstić information content (AvgIpc) is 3.38. The Morgan fingerprint density at radius 2 is 1.07 bits per heavy atom. The minimum Gasteiger partial charge on any atom is -0.377 e. The lowest BCUT2D eigenvalue weighted by Crippen LogP contribution is -2.33. The molecule has 2 aromatic rings. The highest BCUT2D eigenvalue weighted by atomic mass is 16.7. The van der Waals surface area contributed by atoms with E-state index in [2.05, 4.69) is 67.5 Å². The van der Waals surface area contributed by atoms with Crippen molar-refractivity contribution in [3.63, 3.8) is 0 Å². The van der Waals surface area contributed by atoms with Gasteiger partial charge in [-0.1, -0.05) is 112 Å². The van der Waals surface area contributed by atoms with Gasteiger partial charge in [0.1, 0.15) is 0 Å². The summed E-state index contributed by atoms with van der Waals surface area (Å²) in [6, 6.07) is 20.9. The van der Waals surface area contributed by atoms with Crippen LogP contribution in [0.1, 0.15) is 101 Å². The first-order valence-electron chi connectivity index (χ1n) is 16.4. The molecule has 0 amide bonds. The lowest BCUT2D eigenvalue weighted by Gasteiger charge is -2.29. The Morgan fingerprint density at radius 1 is 0.634 bits per heavy atom. The molecular weight excluding hydrogens is 510 g/mol. The fourth-order valence-corrected chi connectivity index (χ4v) is 5.64. The first-order chi connectivity index (χ1) is 20.2. The van der Waals surface area contributed by atoms with Gasteiger partial charge in [0.05, 0.1) is 25.9 Å². The number of ether oxygens (including phenoxy) is 4. The van der Waals surface area contributed by atoms with Gasteiger partial charge >= 0.3 is 0 Å². The van der Waals surface area contributed by atoms with Gasteiger partial charge in [-0.2, -0.15) is 0 Å². The van der Waals surface area contributed by atoms with Crippen LogP contribution in [-0.2, 0) is 32.2 Å². The highest BCUT2D eigenvalue weighted by Gasteiger charge is 2.40. The monoisotopic (exact) mass is 567 g/mol.